The van der Waals surface area contributed by atoms with Gasteiger partial charge in [0.1, 0.15) is 13.2 Å². The molecule has 1 rings (SSSR count). The molecule has 0 atom stereocenters. The van der Waals surface area contributed by atoms with Crippen LogP contribution in [0.1, 0.15) is 19.8 Å². The first-order valence-corrected chi connectivity index (χ1v) is 17.9. The van der Waals surface area contributed by atoms with E-state index in [2.05, 4.69) is 69.3 Å². The molecule has 32 heavy (non-hydrogen) atoms. The highest BCUT2D eigenvalue weighted by Crippen LogP contribution is 2.15. The van der Waals surface area contributed by atoms with Gasteiger partial charge in [0.25, 0.3) is 0 Å². The van der Waals surface area contributed by atoms with Crippen LogP contribution in [0, 0.1) is 0 Å². The van der Waals surface area contributed by atoms with Gasteiger partial charge in [0.05, 0.1) is 29.3 Å². The second kappa shape index (κ2) is 14.3. The monoisotopic (exact) mass is 479 g/mol. The van der Waals surface area contributed by atoms with Crippen molar-refractivity contribution >= 4 is 38.6 Å². The molecule has 1 aromatic rings. The minimum absolute atomic E-state index is 0.0806. The third kappa shape index (κ3) is 10.6. The Bertz CT molecular complexity index is 720. The van der Waals surface area contributed by atoms with E-state index in [1.165, 1.54) is 17.7 Å². The fourth-order valence-corrected chi connectivity index (χ4v) is 8.61. The minimum atomic E-state index is -1.50. The summed E-state index contributed by atoms with van der Waals surface area (Å²) in [7, 11) is -2.80. The first kappa shape index (κ1) is 28.1. The first-order chi connectivity index (χ1) is 15.1. The highest BCUT2D eigenvalue weighted by Gasteiger charge is 2.25. The maximum Gasteiger partial charge on any atom is 0.407 e. The van der Waals surface area contributed by atoms with E-state index in [0.29, 0.717) is 13.2 Å². The number of amides is 1. The van der Waals surface area contributed by atoms with Crippen molar-refractivity contribution < 1.29 is 23.8 Å². The van der Waals surface area contributed by atoms with Crippen LogP contribution >= 0.6 is 0 Å². The van der Waals surface area contributed by atoms with Gasteiger partial charge in [0.15, 0.2) is 0 Å². The van der Waals surface area contributed by atoms with Crippen LogP contribution in [-0.4, -0.2) is 61.2 Å². The maximum atomic E-state index is 11.5. The maximum absolute atomic E-state index is 11.5. The molecule has 0 aromatic heterocycles. The molecule has 0 aliphatic rings. The van der Waals surface area contributed by atoms with Crippen LogP contribution in [0.15, 0.2) is 36.9 Å². The summed E-state index contributed by atoms with van der Waals surface area (Å²) >= 11 is 0. The summed E-state index contributed by atoms with van der Waals surface area (Å²) in [6, 6.07) is 12.0. The van der Waals surface area contributed by atoms with Gasteiger partial charge in [-0.05, 0) is 6.42 Å². The van der Waals surface area contributed by atoms with Crippen LogP contribution in [0.3, 0.4) is 0 Å². The average molecular weight is 480 g/mol. The van der Waals surface area contributed by atoms with Crippen LogP contribution in [0.25, 0.3) is 0 Å². The molecule has 0 aliphatic carbocycles. The van der Waals surface area contributed by atoms with Gasteiger partial charge in [0.2, 0.25) is 0 Å². The van der Waals surface area contributed by atoms with Crippen molar-refractivity contribution in [1.29, 1.82) is 0 Å². The number of ether oxygens (including phenoxy) is 3. The Balaban J connectivity index is 2.22. The number of nitrogens with one attached hydrogen (secondary N) is 1. The summed E-state index contributed by atoms with van der Waals surface area (Å²) < 4.78 is 15.4. The number of alkyl carbamates (subject to hydrolysis) is 1. The topological polar surface area (TPSA) is 73.9 Å². The van der Waals surface area contributed by atoms with Crippen LogP contribution in [-0.2, 0) is 19.0 Å². The van der Waals surface area contributed by atoms with Crippen molar-refractivity contribution in [2.24, 2.45) is 0 Å². The Labute approximate surface area is 195 Å². The van der Waals surface area contributed by atoms with Crippen molar-refractivity contribution in [3.05, 3.63) is 36.9 Å². The third-order valence-electron chi connectivity index (χ3n) is 5.66. The lowest BCUT2D eigenvalue weighted by Crippen LogP contribution is -2.45. The summed E-state index contributed by atoms with van der Waals surface area (Å²) in [4.78, 5) is 22.4. The van der Waals surface area contributed by atoms with E-state index < -0.39 is 28.2 Å². The highest BCUT2D eigenvalue weighted by molar-refractivity contribution is 6.91. The van der Waals surface area contributed by atoms with Gasteiger partial charge in [-0.2, -0.15) is 0 Å². The molecule has 0 spiro atoms. The van der Waals surface area contributed by atoms with E-state index >= 15 is 0 Å². The van der Waals surface area contributed by atoms with E-state index in [9.17, 15) is 9.59 Å². The van der Waals surface area contributed by atoms with Gasteiger partial charge in [-0.3, -0.25) is 0 Å². The smallest absolute Gasteiger partial charge is 0.407 e. The molecule has 0 fully saturated rings. The predicted molar refractivity (Wildman–Crippen MR) is 137 cm³/mol. The Morgan fingerprint density at radius 2 is 1.50 bits per heavy atom. The molecule has 0 unspecified atom stereocenters. The molecule has 0 aliphatic heterocycles. The number of rotatable bonds is 15. The summed E-state index contributed by atoms with van der Waals surface area (Å²) in [6.45, 7) is 16.8. The molecule has 0 bridgehead atoms. The standard InChI is InChI=1S/C24H41NO5Si2/c1-7-19-31(3,4)21-10-12-22(13-11-21)32(5,6)20-9-15-28-17-18-30-24(27)25-14-16-29-23(26)8-2/h8,10-13H,2,7,9,14-20H2,1,3-6H3,(H,25,27). The normalized spacial score (nSPS) is 11.7. The zero-order valence-electron chi connectivity index (χ0n) is 20.5. The van der Waals surface area contributed by atoms with Crippen LogP contribution in [0.4, 0.5) is 4.79 Å². The van der Waals surface area contributed by atoms with Gasteiger partial charge >= 0.3 is 12.1 Å². The van der Waals surface area contributed by atoms with Crippen molar-refractivity contribution in [2.75, 3.05) is 33.0 Å². The van der Waals surface area contributed by atoms with Gasteiger partial charge < -0.3 is 19.5 Å². The van der Waals surface area contributed by atoms with Crippen LogP contribution in [0.2, 0.25) is 38.3 Å². The first-order valence-electron chi connectivity index (χ1n) is 11.5. The highest BCUT2D eigenvalue weighted by atomic mass is 28.3. The van der Waals surface area contributed by atoms with Gasteiger partial charge in [-0.15, -0.1) is 0 Å². The molecular formula is C24H41NO5Si2. The summed E-state index contributed by atoms with van der Waals surface area (Å²) in [5.41, 5.74) is 0. The molecule has 0 radical (unpaired) electrons. The van der Waals surface area contributed by atoms with Gasteiger partial charge in [0, 0.05) is 12.7 Å². The average Bonchev–Trinajstić information content (AvgIpc) is 2.75. The molecule has 0 saturated heterocycles. The van der Waals surface area contributed by atoms with E-state index in [1.807, 2.05) is 0 Å². The fourth-order valence-electron chi connectivity index (χ4n) is 3.61. The molecule has 1 aromatic carbocycles. The van der Waals surface area contributed by atoms with E-state index in [1.54, 1.807) is 5.19 Å². The Kier molecular flexibility index (Phi) is 12.6. The SMILES string of the molecule is C=CC(=O)OCCNC(=O)OCCOCCC[Si](C)(C)c1ccc([Si](C)(C)CCC)cc1. The van der Waals surface area contributed by atoms with Gasteiger partial charge in [-0.25, -0.2) is 9.59 Å². The van der Waals surface area contributed by atoms with Crippen LogP contribution < -0.4 is 15.7 Å². The lowest BCUT2D eigenvalue weighted by Gasteiger charge is -2.26. The molecule has 8 heteroatoms. The summed E-state index contributed by atoms with van der Waals surface area (Å²) in [5, 5.41) is 5.56. The summed E-state index contributed by atoms with van der Waals surface area (Å²) in [6.07, 6.45) is 2.78. The molecule has 180 valence electrons. The Morgan fingerprint density at radius 3 is 2.06 bits per heavy atom. The third-order valence-corrected chi connectivity index (χ3v) is 12.8. The van der Waals surface area contributed by atoms with E-state index in [4.69, 9.17) is 14.2 Å². The molecule has 1 N–H and O–H groups in total. The molecule has 0 heterocycles. The lowest BCUT2D eigenvalue weighted by atomic mass is 10.4. The molecular weight excluding hydrogens is 438 g/mol. The minimum Gasteiger partial charge on any atom is -0.461 e. The molecule has 0 saturated carbocycles. The van der Waals surface area contributed by atoms with E-state index in [-0.39, 0.29) is 19.8 Å². The molecule has 6 nitrogen and oxygen atoms in total. The largest absolute Gasteiger partial charge is 0.461 e. The predicted octanol–water partition coefficient (Wildman–Crippen LogP) is 3.79. The second-order valence-electron chi connectivity index (χ2n) is 9.25. The number of carbonyl (C=O) groups excluding carboxylic acids is 2. The van der Waals surface area contributed by atoms with Crippen molar-refractivity contribution in [2.45, 2.75) is 58.0 Å². The Hall–Kier alpha value is -1.91. The lowest BCUT2D eigenvalue weighted by molar-refractivity contribution is -0.137. The van der Waals surface area contributed by atoms with Crippen molar-refractivity contribution in [1.82, 2.24) is 5.32 Å². The summed E-state index contributed by atoms with van der Waals surface area (Å²) in [5.74, 6) is -0.519. The van der Waals surface area contributed by atoms with Crippen LogP contribution in [0.5, 0.6) is 0 Å². The zero-order chi connectivity index (χ0) is 24.0. The second-order valence-corrected chi connectivity index (χ2v) is 18.9. The number of hydrogen-bond donors (Lipinski definition) is 1. The number of hydrogen-bond acceptors (Lipinski definition) is 5. The van der Waals surface area contributed by atoms with Crippen molar-refractivity contribution in [3.63, 3.8) is 0 Å². The zero-order valence-corrected chi connectivity index (χ0v) is 22.5. The quantitative estimate of drug-likeness (QED) is 0.179. The fraction of sp³-hybridized carbons (Fsp3) is 0.583. The van der Waals surface area contributed by atoms with Gasteiger partial charge in [-0.1, -0.05) is 92.8 Å². The number of benzene rings is 1. The Morgan fingerprint density at radius 1 is 0.906 bits per heavy atom. The number of esters is 1. The van der Waals surface area contributed by atoms with Crippen molar-refractivity contribution in [3.8, 4) is 0 Å². The molecule has 1 amide bonds. The van der Waals surface area contributed by atoms with E-state index in [0.717, 1.165) is 18.5 Å². The number of carbonyl (C=O) groups is 2.